The Kier molecular flexibility index (Phi) is 31.2. The summed E-state index contributed by atoms with van der Waals surface area (Å²) >= 11 is 0. The molecule has 0 aliphatic carbocycles. The number of ether oxygens (including phenoxy) is 4. The van der Waals surface area contributed by atoms with Crippen LogP contribution >= 0.6 is 0 Å². The highest BCUT2D eigenvalue weighted by atomic mass is 32.2. The molecule has 1 aliphatic rings. The summed E-state index contributed by atoms with van der Waals surface area (Å²) in [5.74, 6) is -1.99. The average molecular weight is 807 g/mol. The van der Waals surface area contributed by atoms with E-state index in [1.54, 1.807) is 0 Å². The molecule has 13 heteroatoms. The molecule has 0 amide bonds. The van der Waals surface area contributed by atoms with Gasteiger partial charge >= 0.3 is 11.9 Å². The summed E-state index contributed by atoms with van der Waals surface area (Å²) in [7, 11) is -4.60. The second-order valence-corrected chi connectivity index (χ2v) is 16.9. The Labute approximate surface area is 333 Å². The van der Waals surface area contributed by atoms with Gasteiger partial charge in [0.2, 0.25) is 0 Å². The lowest BCUT2D eigenvalue weighted by Gasteiger charge is -2.40. The van der Waals surface area contributed by atoms with Crippen LogP contribution in [0.2, 0.25) is 0 Å². The number of aliphatic hydroxyl groups is 3. The van der Waals surface area contributed by atoms with Gasteiger partial charge in [0.05, 0.1) is 6.61 Å². The fourth-order valence-electron chi connectivity index (χ4n) is 6.67. The van der Waals surface area contributed by atoms with Gasteiger partial charge in [0.15, 0.2) is 12.4 Å². The Morgan fingerprint density at radius 1 is 0.600 bits per heavy atom. The highest BCUT2D eigenvalue weighted by Crippen LogP contribution is 2.24. The molecule has 1 aliphatic heterocycles. The van der Waals surface area contributed by atoms with Crippen molar-refractivity contribution in [2.75, 3.05) is 19.0 Å². The first kappa shape index (κ1) is 51.4. The Morgan fingerprint density at radius 3 is 1.53 bits per heavy atom. The van der Waals surface area contributed by atoms with Gasteiger partial charge in [0.1, 0.15) is 36.8 Å². The Balaban J connectivity index is 2.48. The van der Waals surface area contributed by atoms with Crippen LogP contribution in [0.1, 0.15) is 187 Å². The van der Waals surface area contributed by atoms with Crippen molar-refractivity contribution in [1.82, 2.24) is 0 Å². The molecular formula is C42H78O12S. The lowest BCUT2D eigenvalue weighted by molar-refractivity contribution is -0.297. The van der Waals surface area contributed by atoms with Crippen LogP contribution in [0.3, 0.4) is 0 Å². The summed E-state index contributed by atoms with van der Waals surface area (Å²) in [6.07, 6.45) is 24.0. The van der Waals surface area contributed by atoms with Gasteiger partial charge in [0, 0.05) is 12.8 Å². The maximum atomic E-state index is 12.8. The summed E-state index contributed by atoms with van der Waals surface area (Å²) in [4.78, 5) is 25.3. The Hall–Kier alpha value is -1.61. The van der Waals surface area contributed by atoms with E-state index >= 15 is 0 Å². The quantitative estimate of drug-likeness (QED) is 0.0206. The van der Waals surface area contributed by atoms with E-state index in [9.17, 15) is 37.9 Å². The van der Waals surface area contributed by atoms with Crippen molar-refractivity contribution in [3.8, 4) is 0 Å². The van der Waals surface area contributed by atoms with E-state index in [4.69, 9.17) is 18.9 Å². The Bertz CT molecular complexity index is 1080. The first-order valence-electron chi connectivity index (χ1n) is 21.7. The van der Waals surface area contributed by atoms with Gasteiger partial charge in [-0.05, 0) is 38.5 Å². The van der Waals surface area contributed by atoms with Gasteiger partial charge in [-0.3, -0.25) is 14.1 Å². The molecule has 0 aromatic heterocycles. The van der Waals surface area contributed by atoms with Gasteiger partial charge in [-0.15, -0.1) is 0 Å². The van der Waals surface area contributed by atoms with Crippen LogP contribution in [0.15, 0.2) is 12.2 Å². The second kappa shape index (κ2) is 33.4. The number of unbranched alkanes of at least 4 members (excludes halogenated alkanes) is 22. The van der Waals surface area contributed by atoms with Gasteiger partial charge in [-0.1, -0.05) is 148 Å². The molecule has 0 aromatic rings. The molecule has 1 heterocycles. The van der Waals surface area contributed by atoms with Crippen molar-refractivity contribution in [3.63, 3.8) is 0 Å². The largest absolute Gasteiger partial charge is 0.462 e. The molecule has 2 unspecified atom stereocenters. The van der Waals surface area contributed by atoms with Crippen molar-refractivity contribution in [2.45, 2.75) is 224 Å². The summed E-state index contributed by atoms with van der Waals surface area (Å²) in [6.45, 7) is 3.74. The third-order valence-corrected chi connectivity index (χ3v) is 10.8. The van der Waals surface area contributed by atoms with Crippen LogP contribution in [0.25, 0.3) is 0 Å². The monoisotopic (exact) mass is 807 g/mol. The van der Waals surface area contributed by atoms with E-state index in [0.29, 0.717) is 12.8 Å². The minimum absolute atomic E-state index is 0.148. The minimum Gasteiger partial charge on any atom is -0.462 e. The molecule has 12 nitrogen and oxygen atoms in total. The normalized spacial score (nSPS) is 20.9. The lowest BCUT2D eigenvalue weighted by atomic mass is 10.00. The first-order chi connectivity index (χ1) is 26.5. The molecule has 0 aromatic carbocycles. The highest BCUT2D eigenvalue weighted by Gasteiger charge is 2.46. The average Bonchev–Trinajstić information content (AvgIpc) is 3.14. The Morgan fingerprint density at radius 2 is 1.04 bits per heavy atom. The molecule has 0 radical (unpaired) electrons. The molecule has 0 spiro atoms. The van der Waals surface area contributed by atoms with Crippen molar-refractivity contribution in [3.05, 3.63) is 12.2 Å². The summed E-state index contributed by atoms with van der Waals surface area (Å²) in [6, 6.07) is 0. The first-order valence-corrected chi connectivity index (χ1v) is 23.4. The summed E-state index contributed by atoms with van der Waals surface area (Å²) in [5.41, 5.74) is 0. The van der Waals surface area contributed by atoms with Crippen LogP contribution in [0.4, 0.5) is 0 Å². The second-order valence-electron chi connectivity index (χ2n) is 15.4. The number of rotatable bonds is 36. The molecule has 1 fully saturated rings. The molecule has 324 valence electrons. The van der Waals surface area contributed by atoms with Gasteiger partial charge in [-0.25, -0.2) is 0 Å². The van der Waals surface area contributed by atoms with Crippen LogP contribution < -0.4 is 0 Å². The lowest BCUT2D eigenvalue weighted by Crippen LogP contribution is -2.60. The van der Waals surface area contributed by atoms with E-state index in [-0.39, 0.29) is 19.4 Å². The number of aliphatic hydroxyl groups excluding tert-OH is 3. The molecule has 0 bridgehead atoms. The van der Waals surface area contributed by atoms with Crippen LogP contribution in [0, 0.1) is 0 Å². The number of hydrogen-bond donors (Lipinski definition) is 4. The standard InChI is InChI=1S/C42H78O12S/c1-3-5-7-9-11-13-15-17-18-19-21-23-25-27-29-31-38(44)53-35(33-52-42-41(47)40(46)39(45)36(54-42)34-55(48,49)50)32-51-37(43)30-28-26-24-22-20-16-14-12-10-8-6-4-2/h19,21,35-36,39-42,45-47H,3-18,20,22-34H2,1-2H3,(H,48,49,50)/b21-19+/t35-,36-,39-,40?,41?,42+/m1/s1. The van der Waals surface area contributed by atoms with Gasteiger partial charge < -0.3 is 34.3 Å². The van der Waals surface area contributed by atoms with Crippen LogP contribution in [-0.2, 0) is 38.7 Å². The number of carbonyl (C=O) groups is 2. The maximum Gasteiger partial charge on any atom is 0.306 e. The predicted molar refractivity (Wildman–Crippen MR) is 215 cm³/mol. The third-order valence-electron chi connectivity index (χ3n) is 10.1. The van der Waals surface area contributed by atoms with E-state index < -0.39 is 71.2 Å². The third kappa shape index (κ3) is 28.4. The molecular weight excluding hydrogens is 729 g/mol. The highest BCUT2D eigenvalue weighted by molar-refractivity contribution is 7.85. The van der Waals surface area contributed by atoms with Crippen molar-refractivity contribution in [1.29, 1.82) is 0 Å². The zero-order valence-corrected chi connectivity index (χ0v) is 35.1. The van der Waals surface area contributed by atoms with Crippen molar-refractivity contribution >= 4 is 22.1 Å². The number of allylic oxidation sites excluding steroid dienone is 2. The van der Waals surface area contributed by atoms with Crippen molar-refractivity contribution in [2.24, 2.45) is 0 Å². The van der Waals surface area contributed by atoms with Gasteiger partial charge in [0.25, 0.3) is 10.1 Å². The topological polar surface area (TPSA) is 186 Å². The molecule has 55 heavy (non-hydrogen) atoms. The van der Waals surface area contributed by atoms with Crippen LogP contribution in [-0.4, -0.2) is 96.0 Å². The zero-order valence-electron chi connectivity index (χ0n) is 34.3. The summed E-state index contributed by atoms with van der Waals surface area (Å²) in [5, 5.41) is 30.8. The van der Waals surface area contributed by atoms with E-state index in [1.807, 2.05) is 0 Å². The molecule has 1 saturated heterocycles. The SMILES string of the molecule is CCCCCCCCCC/C=C/CCCCCC(=O)O[C@H](COC(=O)CCCCCCCCCCCCCC)CO[C@H]1O[C@H](CS(=O)(=O)O)[C@@H](O)C(O)C1O. The smallest absolute Gasteiger partial charge is 0.306 e. The van der Waals surface area contributed by atoms with Crippen LogP contribution in [0.5, 0.6) is 0 Å². The maximum absolute atomic E-state index is 12.8. The number of carbonyl (C=O) groups excluding carboxylic acids is 2. The number of hydrogen-bond acceptors (Lipinski definition) is 11. The molecule has 0 saturated carbocycles. The molecule has 6 atom stereocenters. The van der Waals surface area contributed by atoms with Gasteiger partial charge in [-0.2, -0.15) is 8.42 Å². The van der Waals surface area contributed by atoms with E-state index in [0.717, 1.165) is 44.9 Å². The zero-order chi connectivity index (χ0) is 40.6. The van der Waals surface area contributed by atoms with Crippen molar-refractivity contribution < 1.29 is 56.8 Å². The van der Waals surface area contributed by atoms with E-state index in [2.05, 4.69) is 26.0 Å². The molecule has 1 rings (SSSR count). The molecule has 4 N–H and O–H groups in total. The predicted octanol–water partition coefficient (Wildman–Crippen LogP) is 8.28. The fourth-order valence-corrected chi connectivity index (χ4v) is 7.36. The van der Waals surface area contributed by atoms with E-state index in [1.165, 1.54) is 103 Å². The summed E-state index contributed by atoms with van der Waals surface area (Å²) < 4.78 is 53.9. The number of esters is 2. The fraction of sp³-hybridized carbons (Fsp3) is 0.905. The minimum atomic E-state index is -4.60.